The second-order valence-corrected chi connectivity index (χ2v) is 7.42. The second-order valence-electron chi connectivity index (χ2n) is 7.42. The summed E-state index contributed by atoms with van der Waals surface area (Å²) in [4.78, 5) is 17.2. The van der Waals surface area contributed by atoms with Gasteiger partial charge in [0.2, 0.25) is 5.91 Å². The molecule has 0 saturated carbocycles. The molecule has 0 saturated heterocycles. The summed E-state index contributed by atoms with van der Waals surface area (Å²) in [6.07, 6.45) is 2.16. The molecule has 0 bridgehead atoms. The van der Waals surface area contributed by atoms with Crippen molar-refractivity contribution in [2.24, 2.45) is 4.99 Å². The number of hydrogen-bond donors (Lipinski definition) is 1. The molecular formula is C26H26N2O. The lowest BCUT2D eigenvalue weighted by Gasteiger charge is -2.19. The van der Waals surface area contributed by atoms with Crippen LogP contribution < -0.4 is 5.32 Å². The van der Waals surface area contributed by atoms with E-state index in [2.05, 4.69) is 77.0 Å². The van der Waals surface area contributed by atoms with Crippen LogP contribution in [0.4, 0.5) is 0 Å². The molecule has 1 N–H and O–H groups in total. The summed E-state index contributed by atoms with van der Waals surface area (Å²) in [6.45, 7) is 1.41. The molecule has 29 heavy (non-hydrogen) atoms. The van der Waals surface area contributed by atoms with Crippen LogP contribution in [0.3, 0.4) is 0 Å². The van der Waals surface area contributed by atoms with Crippen LogP contribution in [-0.4, -0.2) is 24.7 Å². The van der Waals surface area contributed by atoms with Crippen molar-refractivity contribution in [3.63, 3.8) is 0 Å². The van der Waals surface area contributed by atoms with Crippen molar-refractivity contribution in [3.8, 4) is 0 Å². The van der Waals surface area contributed by atoms with Gasteiger partial charge in [-0.05, 0) is 35.1 Å². The Morgan fingerprint density at radius 1 is 0.862 bits per heavy atom. The summed E-state index contributed by atoms with van der Waals surface area (Å²) in [6, 6.07) is 29.3. The molecule has 0 aliphatic carbocycles. The van der Waals surface area contributed by atoms with Crippen molar-refractivity contribution < 1.29 is 4.79 Å². The van der Waals surface area contributed by atoms with E-state index >= 15 is 0 Å². The molecule has 1 aliphatic rings. The van der Waals surface area contributed by atoms with E-state index in [1.54, 1.807) is 0 Å². The molecule has 0 aromatic heterocycles. The maximum atomic E-state index is 12.6. The number of nitrogens with zero attached hydrogens (tertiary/aromatic N) is 1. The van der Waals surface area contributed by atoms with Gasteiger partial charge in [-0.25, -0.2) is 0 Å². The van der Waals surface area contributed by atoms with E-state index in [1.807, 2.05) is 18.2 Å². The number of fused-ring (bicyclic) bond motifs is 1. The fourth-order valence-corrected chi connectivity index (χ4v) is 4.03. The summed E-state index contributed by atoms with van der Waals surface area (Å²) in [5.74, 6) is 0.311. The van der Waals surface area contributed by atoms with E-state index in [0.29, 0.717) is 13.0 Å². The molecule has 1 aliphatic heterocycles. The SMILES string of the molecule is O=C(CC1=NCCc2ccccc21)NCCC(c1ccccc1)c1ccccc1. The van der Waals surface area contributed by atoms with Gasteiger partial charge in [-0.3, -0.25) is 9.79 Å². The van der Waals surface area contributed by atoms with Crippen molar-refractivity contribution in [2.75, 3.05) is 13.1 Å². The first-order chi connectivity index (χ1) is 14.3. The van der Waals surface area contributed by atoms with Crippen LogP contribution in [0.2, 0.25) is 0 Å². The van der Waals surface area contributed by atoms with Gasteiger partial charge < -0.3 is 5.32 Å². The Morgan fingerprint density at radius 3 is 2.17 bits per heavy atom. The summed E-state index contributed by atoms with van der Waals surface area (Å²) in [5, 5.41) is 3.11. The molecule has 4 rings (SSSR count). The van der Waals surface area contributed by atoms with Gasteiger partial charge in [0.1, 0.15) is 0 Å². The topological polar surface area (TPSA) is 41.5 Å². The Labute approximate surface area is 172 Å². The van der Waals surface area contributed by atoms with Gasteiger partial charge in [-0.1, -0.05) is 84.9 Å². The normalized spacial score (nSPS) is 12.9. The predicted molar refractivity (Wildman–Crippen MR) is 119 cm³/mol. The highest BCUT2D eigenvalue weighted by molar-refractivity contribution is 6.11. The van der Waals surface area contributed by atoms with Crippen molar-refractivity contribution in [1.82, 2.24) is 5.32 Å². The van der Waals surface area contributed by atoms with Crippen molar-refractivity contribution in [1.29, 1.82) is 0 Å². The van der Waals surface area contributed by atoms with Gasteiger partial charge in [-0.15, -0.1) is 0 Å². The quantitative estimate of drug-likeness (QED) is 0.629. The minimum atomic E-state index is 0.0420. The van der Waals surface area contributed by atoms with Crippen LogP contribution in [0.1, 0.15) is 41.0 Å². The Kier molecular flexibility index (Phi) is 6.16. The van der Waals surface area contributed by atoms with Gasteiger partial charge in [0.25, 0.3) is 0 Å². The summed E-state index contributed by atoms with van der Waals surface area (Å²) < 4.78 is 0. The van der Waals surface area contributed by atoms with Crippen LogP contribution >= 0.6 is 0 Å². The molecule has 3 heteroatoms. The lowest BCUT2D eigenvalue weighted by molar-refractivity contribution is -0.119. The zero-order valence-electron chi connectivity index (χ0n) is 16.6. The minimum absolute atomic E-state index is 0.0420. The Balaban J connectivity index is 1.38. The fraction of sp³-hybridized carbons (Fsp3) is 0.231. The Morgan fingerprint density at radius 2 is 1.48 bits per heavy atom. The largest absolute Gasteiger partial charge is 0.356 e. The maximum absolute atomic E-state index is 12.6. The van der Waals surface area contributed by atoms with E-state index in [9.17, 15) is 4.79 Å². The predicted octanol–water partition coefficient (Wildman–Crippen LogP) is 4.76. The molecule has 0 spiro atoms. The maximum Gasteiger partial charge on any atom is 0.226 e. The van der Waals surface area contributed by atoms with E-state index < -0.39 is 0 Å². The molecule has 0 unspecified atom stereocenters. The average Bonchev–Trinajstić information content (AvgIpc) is 2.78. The third-order valence-corrected chi connectivity index (χ3v) is 5.50. The number of rotatable bonds is 7. The summed E-state index contributed by atoms with van der Waals surface area (Å²) in [5.41, 5.74) is 5.88. The molecule has 3 aromatic rings. The highest BCUT2D eigenvalue weighted by Gasteiger charge is 2.17. The third-order valence-electron chi connectivity index (χ3n) is 5.50. The first-order valence-electron chi connectivity index (χ1n) is 10.3. The summed E-state index contributed by atoms with van der Waals surface area (Å²) in [7, 11) is 0. The molecule has 1 heterocycles. The van der Waals surface area contributed by atoms with Crippen LogP contribution in [0, 0.1) is 0 Å². The van der Waals surface area contributed by atoms with Crippen LogP contribution in [0.5, 0.6) is 0 Å². The number of amides is 1. The van der Waals surface area contributed by atoms with Gasteiger partial charge in [-0.2, -0.15) is 0 Å². The molecule has 0 radical (unpaired) electrons. The number of carbonyl (C=O) groups excluding carboxylic acids is 1. The first kappa shape index (κ1) is 19.1. The van der Waals surface area contributed by atoms with E-state index in [1.165, 1.54) is 16.7 Å². The van der Waals surface area contributed by atoms with Gasteiger partial charge in [0.15, 0.2) is 0 Å². The van der Waals surface area contributed by atoms with Gasteiger partial charge in [0, 0.05) is 19.0 Å². The number of benzene rings is 3. The lowest BCUT2D eigenvalue weighted by Crippen LogP contribution is -2.29. The van der Waals surface area contributed by atoms with E-state index in [0.717, 1.165) is 30.7 Å². The molecule has 3 aromatic carbocycles. The Bertz CT molecular complexity index is 940. The molecular weight excluding hydrogens is 356 g/mol. The zero-order chi connectivity index (χ0) is 19.9. The first-order valence-corrected chi connectivity index (χ1v) is 10.3. The molecule has 0 fully saturated rings. The van der Waals surface area contributed by atoms with E-state index in [-0.39, 0.29) is 11.8 Å². The highest BCUT2D eigenvalue weighted by atomic mass is 16.1. The highest BCUT2D eigenvalue weighted by Crippen LogP contribution is 2.27. The molecule has 1 amide bonds. The average molecular weight is 383 g/mol. The lowest BCUT2D eigenvalue weighted by atomic mass is 9.88. The number of aliphatic imine (C=N–C) groups is 1. The molecule has 3 nitrogen and oxygen atoms in total. The molecule has 0 atom stereocenters. The van der Waals surface area contributed by atoms with Crippen LogP contribution in [0.25, 0.3) is 0 Å². The standard InChI is InChI=1S/C26H26N2O/c29-26(19-25-24-14-8-7-13-22(24)15-17-27-25)28-18-16-23(20-9-3-1-4-10-20)21-11-5-2-6-12-21/h1-14,23H,15-19H2,(H,28,29). The zero-order valence-corrected chi connectivity index (χ0v) is 16.6. The van der Waals surface area contributed by atoms with Gasteiger partial charge >= 0.3 is 0 Å². The minimum Gasteiger partial charge on any atom is -0.356 e. The Hall–Kier alpha value is -3.20. The third kappa shape index (κ3) is 4.80. The number of nitrogens with one attached hydrogen (secondary N) is 1. The second kappa shape index (κ2) is 9.33. The monoisotopic (exact) mass is 382 g/mol. The number of carbonyl (C=O) groups is 1. The fourth-order valence-electron chi connectivity index (χ4n) is 4.03. The van der Waals surface area contributed by atoms with Crippen LogP contribution in [0.15, 0.2) is 89.9 Å². The summed E-state index contributed by atoms with van der Waals surface area (Å²) >= 11 is 0. The number of hydrogen-bond acceptors (Lipinski definition) is 2. The van der Waals surface area contributed by atoms with Crippen molar-refractivity contribution in [3.05, 3.63) is 107 Å². The van der Waals surface area contributed by atoms with Crippen molar-refractivity contribution in [2.45, 2.75) is 25.2 Å². The molecule has 146 valence electrons. The van der Waals surface area contributed by atoms with E-state index in [4.69, 9.17) is 0 Å². The van der Waals surface area contributed by atoms with Crippen molar-refractivity contribution >= 4 is 11.6 Å². The van der Waals surface area contributed by atoms with Crippen LogP contribution in [-0.2, 0) is 11.2 Å². The van der Waals surface area contributed by atoms with Gasteiger partial charge in [0.05, 0.1) is 12.1 Å². The smallest absolute Gasteiger partial charge is 0.226 e.